The lowest BCUT2D eigenvalue weighted by Gasteiger charge is -2.20. The number of hydrogen-bond acceptors (Lipinski definition) is 3. The average Bonchev–Trinajstić information content (AvgIpc) is 2.97. The fourth-order valence-corrected chi connectivity index (χ4v) is 2.86. The Kier molecular flexibility index (Phi) is 5.41. The number of hydrogen-bond donors (Lipinski definition) is 0. The van der Waals surface area contributed by atoms with Crippen LogP contribution in [0.15, 0.2) is 30.3 Å². The Bertz CT molecular complexity index is 516. The van der Waals surface area contributed by atoms with Crippen molar-refractivity contribution in [2.24, 2.45) is 11.8 Å². The molecule has 2 rings (SSSR count). The Morgan fingerprint density at radius 1 is 1.23 bits per heavy atom. The number of likely N-dealkylation sites (tertiary alicyclic amines) is 1. The maximum atomic E-state index is 12.2. The first-order chi connectivity index (χ1) is 10.5. The van der Waals surface area contributed by atoms with Crippen LogP contribution in [0.1, 0.15) is 18.9 Å². The molecule has 1 heterocycles. The topological polar surface area (TPSA) is 49.9 Å². The molecule has 0 aliphatic carbocycles. The molecule has 1 aromatic rings. The SMILES string of the molecule is CCC1CN(C(=O)OCc2ccccc2)CC1C(=O)N(C)C. The first kappa shape index (κ1) is 16.3. The van der Waals surface area contributed by atoms with E-state index in [0.717, 1.165) is 12.0 Å². The maximum absolute atomic E-state index is 12.2. The first-order valence-electron chi connectivity index (χ1n) is 7.69. The largest absolute Gasteiger partial charge is 0.445 e. The van der Waals surface area contributed by atoms with Gasteiger partial charge in [-0.1, -0.05) is 43.7 Å². The van der Waals surface area contributed by atoms with Crippen molar-refractivity contribution in [1.29, 1.82) is 0 Å². The van der Waals surface area contributed by atoms with Crippen molar-refractivity contribution >= 4 is 12.0 Å². The molecule has 1 saturated heterocycles. The van der Waals surface area contributed by atoms with Crippen LogP contribution < -0.4 is 0 Å². The van der Waals surface area contributed by atoms with Crippen LogP contribution in [0, 0.1) is 11.8 Å². The molecule has 22 heavy (non-hydrogen) atoms. The van der Waals surface area contributed by atoms with Crippen LogP contribution in [0.2, 0.25) is 0 Å². The van der Waals surface area contributed by atoms with Crippen LogP contribution in [-0.2, 0) is 16.1 Å². The molecule has 0 radical (unpaired) electrons. The second-order valence-electron chi connectivity index (χ2n) is 5.95. The Hall–Kier alpha value is -2.04. The summed E-state index contributed by atoms with van der Waals surface area (Å²) in [6, 6.07) is 9.60. The summed E-state index contributed by atoms with van der Waals surface area (Å²) < 4.78 is 5.36. The summed E-state index contributed by atoms with van der Waals surface area (Å²) in [5.41, 5.74) is 0.961. The fourth-order valence-electron chi connectivity index (χ4n) is 2.86. The minimum Gasteiger partial charge on any atom is -0.445 e. The third kappa shape index (κ3) is 3.78. The van der Waals surface area contributed by atoms with E-state index in [4.69, 9.17) is 4.74 Å². The number of benzene rings is 1. The van der Waals surface area contributed by atoms with Gasteiger partial charge < -0.3 is 14.5 Å². The third-order valence-corrected chi connectivity index (χ3v) is 4.19. The van der Waals surface area contributed by atoms with E-state index in [1.807, 2.05) is 30.3 Å². The van der Waals surface area contributed by atoms with Gasteiger partial charge in [-0.3, -0.25) is 4.79 Å². The Morgan fingerprint density at radius 3 is 2.50 bits per heavy atom. The molecule has 1 aliphatic heterocycles. The Balaban J connectivity index is 1.92. The average molecular weight is 304 g/mol. The van der Waals surface area contributed by atoms with Crippen molar-refractivity contribution in [2.75, 3.05) is 27.2 Å². The van der Waals surface area contributed by atoms with Gasteiger partial charge in [0.1, 0.15) is 6.61 Å². The van der Waals surface area contributed by atoms with E-state index in [1.165, 1.54) is 0 Å². The van der Waals surface area contributed by atoms with Gasteiger partial charge in [-0.2, -0.15) is 0 Å². The van der Waals surface area contributed by atoms with Gasteiger partial charge in [0.2, 0.25) is 5.91 Å². The van der Waals surface area contributed by atoms with Crippen LogP contribution >= 0.6 is 0 Å². The lowest BCUT2D eigenvalue weighted by atomic mass is 9.93. The summed E-state index contributed by atoms with van der Waals surface area (Å²) in [5.74, 6) is 0.175. The van der Waals surface area contributed by atoms with Crippen molar-refractivity contribution in [1.82, 2.24) is 9.80 Å². The summed E-state index contributed by atoms with van der Waals surface area (Å²) in [7, 11) is 3.51. The minimum atomic E-state index is -0.337. The molecule has 2 amide bonds. The molecule has 0 spiro atoms. The monoisotopic (exact) mass is 304 g/mol. The molecule has 0 N–H and O–H groups in total. The second-order valence-corrected chi connectivity index (χ2v) is 5.95. The summed E-state index contributed by atoms with van der Waals surface area (Å²) in [6.07, 6.45) is 0.545. The van der Waals surface area contributed by atoms with Gasteiger partial charge >= 0.3 is 6.09 Å². The van der Waals surface area contributed by atoms with Crippen LogP contribution in [0.3, 0.4) is 0 Å². The molecule has 5 nitrogen and oxygen atoms in total. The van der Waals surface area contributed by atoms with Crippen molar-refractivity contribution in [3.8, 4) is 0 Å². The van der Waals surface area contributed by atoms with Gasteiger partial charge in [0.25, 0.3) is 0 Å². The fraction of sp³-hybridized carbons (Fsp3) is 0.529. The number of carbonyl (C=O) groups excluding carboxylic acids is 2. The number of amides is 2. The van der Waals surface area contributed by atoms with E-state index < -0.39 is 0 Å². The molecular formula is C17H24N2O3. The third-order valence-electron chi connectivity index (χ3n) is 4.19. The van der Waals surface area contributed by atoms with Crippen LogP contribution in [0.25, 0.3) is 0 Å². The highest BCUT2D eigenvalue weighted by atomic mass is 16.6. The molecule has 120 valence electrons. The van der Waals surface area contributed by atoms with E-state index >= 15 is 0 Å². The van der Waals surface area contributed by atoms with Gasteiger partial charge in [-0.05, 0) is 11.5 Å². The molecular weight excluding hydrogens is 280 g/mol. The van der Waals surface area contributed by atoms with Gasteiger partial charge in [-0.25, -0.2) is 4.79 Å². The highest BCUT2D eigenvalue weighted by molar-refractivity contribution is 5.80. The van der Waals surface area contributed by atoms with E-state index in [9.17, 15) is 9.59 Å². The van der Waals surface area contributed by atoms with Gasteiger partial charge in [0.05, 0.1) is 5.92 Å². The number of nitrogens with zero attached hydrogens (tertiary/aromatic N) is 2. The van der Waals surface area contributed by atoms with Crippen LogP contribution in [0.5, 0.6) is 0 Å². The van der Waals surface area contributed by atoms with Crippen molar-refractivity contribution < 1.29 is 14.3 Å². The zero-order chi connectivity index (χ0) is 16.1. The zero-order valence-corrected chi connectivity index (χ0v) is 13.5. The van der Waals surface area contributed by atoms with Gasteiger partial charge in [0.15, 0.2) is 0 Å². The number of ether oxygens (including phenoxy) is 1. The minimum absolute atomic E-state index is 0.0882. The molecule has 0 saturated carbocycles. The highest BCUT2D eigenvalue weighted by Gasteiger charge is 2.39. The predicted molar refractivity (Wildman–Crippen MR) is 84.2 cm³/mol. The van der Waals surface area contributed by atoms with E-state index in [-0.39, 0.29) is 30.4 Å². The molecule has 1 aromatic carbocycles. The lowest BCUT2D eigenvalue weighted by molar-refractivity contribution is -0.133. The highest BCUT2D eigenvalue weighted by Crippen LogP contribution is 2.28. The smallest absolute Gasteiger partial charge is 0.410 e. The normalized spacial score (nSPS) is 20.8. The molecule has 1 fully saturated rings. The van der Waals surface area contributed by atoms with Crippen molar-refractivity contribution in [2.45, 2.75) is 20.0 Å². The lowest BCUT2D eigenvalue weighted by Crippen LogP contribution is -2.35. The van der Waals surface area contributed by atoms with E-state index in [1.54, 1.807) is 23.9 Å². The predicted octanol–water partition coefficient (Wildman–Crippen LogP) is 2.37. The molecule has 5 heteroatoms. The summed E-state index contributed by atoms with van der Waals surface area (Å²) in [4.78, 5) is 27.7. The number of rotatable bonds is 4. The van der Waals surface area contributed by atoms with E-state index in [0.29, 0.717) is 13.1 Å². The maximum Gasteiger partial charge on any atom is 0.410 e. The van der Waals surface area contributed by atoms with Gasteiger partial charge in [-0.15, -0.1) is 0 Å². The summed E-state index contributed by atoms with van der Waals surface area (Å²) >= 11 is 0. The van der Waals surface area contributed by atoms with Gasteiger partial charge in [0, 0.05) is 27.2 Å². The standard InChI is InChI=1S/C17H24N2O3/c1-4-14-10-19(11-15(14)16(20)18(2)3)17(21)22-12-13-8-6-5-7-9-13/h5-9,14-15H,4,10-12H2,1-3H3. The summed E-state index contributed by atoms with van der Waals surface area (Å²) in [6.45, 7) is 3.36. The Labute approximate surface area is 131 Å². The molecule has 2 atom stereocenters. The first-order valence-corrected chi connectivity index (χ1v) is 7.69. The van der Waals surface area contributed by atoms with Crippen LogP contribution in [0.4, 0.5) is 4.79 Å². The zero-order valence-electron chi connectivity index (χ0n) is 13.5. The van der Waals surface area contributed by atoms with Crippen LogP contribution in [-0.4, -0.2) is 49.0 Å². The second kappa shape index (κ2) is 7.29. The van der Waals surface area contributed by atoms with E-state index in [2.05, 4.69) is 6.92 Å². The molecule has 0 bridgehead atoms. The number of carbonyl (C=O) groups is 2. The molecule has 2 unspecified atom stereocenters. The Morgan fingerprint density at radius 2 is 1.91 bits per heavy atom. The molecule has 0 aromatic heterocycles. The quantitative estimate of drug-likeness (QED) is 0.858. The van der Waals surface area contributed by atoms with Crippen molar-refractivity contribution in [3.63, 3.8) is 0 Å². The summed E-state index contributed by atoms with van der Waals surface area (Å²) in [5, 5.41) is 0. The molecule has 1 aliphatic rings. The van der Waals surface area contributed by atoms with Crippen molar-refractivity contribution in [3.05, 3.63) is 35.9 Å².